The van der Waals surface area contributed by atoms with Crippen LogP contribution >= 0.6 is 0 Å². The van der Waals surface area contributed by atoms with E-state index in [-0.39, 0.29) is 12.2 Å². The van der Waals surface area contributed by atoms with Crippen LogP contribution in [0.4, 0.5) is 5.82 Å². The summed E-state index contributed by atoms with van der Waals surface area (Å²) in [7, 11) is 0. The fourth-order valence-corrected chi connectivity index (χ4v) is 1.70. The lowest BCUT2D eigenvalue weighted by atomic mass is 10.1. The van der Waals surface area contributed by atoms with E-state index in [1.807, 2.05) is 0 Å². The molecule has 1 N–H and O–H groups in total. The fraction of sp³-hybridized carbons (Fsp3) is 0.385. The Kier molecular flexibility index (Phi) is 4.36. The van der Waals surface area contributed by atoms with Crippen molar-refractivity contribution in [3.05, 3.63) is 28.8 Å². The molecular weight excluding hydrogens is 278 g/mol. The average molecular weight is 293 g/mol. The molecule has 0 saturated heterocycles. The molecule has 0 atom stereocenters. The molecule has 8 heteroatoms. The first-order valence-electron chi connectivity index (χ1n) is 6.26. The summed E-state index contributed by atoms with van der Waals surface area (Å²) in [5.74, 6) is 0.387. The van der Waals surface area contributed by atoms with E-state index in [0.29, 0.717) is 22.8 Å². The number of hydrogen-bond acceptors (Lipinski definition) is 7. The van der Waals surface area contributed by atoms with Gasteiger partial charge >= 0.3 is 5.97 Å². The number of nitrogens with one attached hydrogen (secondary N) is 1. The molecule has 1 amide bonds. The van der Waals surface area contributed by atoms with Gasteiger partial charge in [-0.15, -0.1) is 0 Å². The number of esters is 1. The molecule has 0 unspecified atom stereocenters. The van der Waals surface area contributed by atoms with Gasteiger partial charge in [-0.2, -0.15) is 0 Å². The third kappa shape index (κ3) is 3.91. The predicted octanol–water partition coefficient (Wildman–Crippen LogP) is 1.31. The Labute approximate surface area is 120 Å². The molecule has 2 rings (SSSR count). The second-order valence-electron chi connectivity index (χ2n) is 4.51. The first-order valence-corrected chi connectivity index (χ1v) is 6.26. The third-order valence-corrected chi connectivity index (χ3v) is 2.76. The molecule has 0 bridgehead atoms. The van der Waals surface area contributed by atoms with Crippen LogP contribution in [0.2, 0.25) is 0 Å². The normalized spacial score (nSPS) is 10.4. The fourth-order valence-electron chi connectivity index (χ4n) is 1.70. The maximum absolute atomic E-state index is 11.7. The SMILES string of the molecule is Cc1cc(NC(=O)COC(=O)Cc2c(C)noc2C)no1. The third-order valence-electron chi connectivity index (χ3n) is 2.76. The van der Waals surface area contributed by atoms with Crippen molar-refractivity contribution in [3.8, 4) is 0 Å². The molecule has 0 fully saturated rings. The summed E-state index contributed by atoms with van der Waals surface area (Å²) in [5.41, 5.74) is 1.31. The number of rotatable bonds is 5. The van der Waals surface area contributed by atoms with Gasteiger partial charge < -0.3 is 19.1 Å². The van der Waals surface area contributed by atoms with Crippen molar-refractivity contribution in [2.45, 2.75) is 27.2 Å². The van der Waals surface area contributed by atoms with E-state index in [1.165, 1.54) is 0 Å². The van der Waals surface area contributed by atoms with Gasteiger partial charge in [-0.25, -0.2) is 0 Å². The van der Waals surface area contributed by atoms with Gasteiger partial charge in [0.15, 0.2) is 12.4 Å². The van der Waals surface area contributed by atoms with Crippen LogP contribution in [0.15, 0.2) is 15.1 Å². The minimum atomic E-state index is -0.532. The maximum Gasteiger partial charge on any atom is 0.310 e. The standard InChI is InChI=1S/C13H15N3O5/c1-7-4-11(16-20-7)14-12(17)6-19-13(18)5-10-8(2)15-21-9(10)3/h4H,5-6H2,1-3H3,(H,14,16,17). The number of hydrogen-bond donors (Lipinski definition) is 1. The topological polar surface area (TPSA) is 107 Å². The van der Waals surface area contributed by atoms with Crippen LogP contribution in [0.1, 0.15) is 22.8 Å². The van der Waals surface area contributed by atoms with Crippen molar-refractivity contribution in [3.63, 3.8) is 0 Å². The van der Waals surface area contributed by atoms with E-state index in [9.17, 15) is 9.59 Å². The molecule has 0 aromatic carbocycles. The van der Waals surface area contributed by atoms with Crippen LogP contribution in [0, 0.1) is 20.8 Å². The lowest BCUT2D eigenvalue weighted by molar-refractivity contribution is -0.146. The second kappa shape index (κ2) is 6.21. The Bertz CT molecular complexity index is 639. The van der Waals surface area contributed by atoms with E-state index in [2.05, 4.69) is 15.6 Å². The summed E-state index contributed by atoms with van der Waals surface area (Å²) in [5, 5.41) is 9.79. The number of carbonyl (C=O) groups excluding carboxylic acids is 2. The zero-order valence-corrected chi connectivity index (χ0v) is 11.9. The van der Waals surface area contributed by atoms with Gasteiger partial charge in [0.25, 0.3) is 5.91 Å². The summed E-state index contributed by atoms with van der Waals surface area (Å²) >= 11 is 0. The largest absolute Gasteiger partial charge is 0.455 e. The van der Waals surface area contributed by atoms with Crippen LogP contribution in [0.25, 0.3) is 0 Å². The number of carbonyl (C=O) groups is 2. The van der Waals surface area contributed by atoms with Gasteiger partial charge in [0.1, 0.15) is 11.5 Å². The smallest absolute Gasteiger partial charge is 0.310 e. The van der Waals surface area contributed by atoms with E-state index in [4.69, 9.17) is 13.8 Å². The van der Waals surface area contributed by atoms with Crippen molar-refractivity contribution in [1.29, 1.82) is 0 Å². The Morgan fingerprint density at radius 1 is 1.24 bits per heavy atom. The first kappa shape index (κ1) is 14.8. The molecule has 2 aromatic rings. The number of amides is 1. The lowest BCUT2D eigenvalue weighted by Gasteiger charge is -2.04. The van der Waals surface area contributed by atoms with Gasteiger partial charge in [0, 0.05) is 11.6 Å². The highest BCUT2D eigenvalue weighted by atomic mass is 16.5. The molecule has 0 spiro atoms. The Morgan fingerprint density at radius 2 is 2.00 bits per heavy atom. The molecular formula is C13H15N3O5. The number of aryl methyl sites for hydroxylation is 3. The molecule has 0 aliphatic heterocycles. The summed E-state index contributed by atoms with van der Waals surface area (Å²) < 4.78 is 14.6. The van der Waals surface area contributed by atoms with Gasteiger partial charge in [0.05, 0.1) is 12.1 Å². The van der Waals surface area contributed by atoms with Crippen LogP contribution < -0.4 is 5.32 Å². The summed E-state index contributed by atoms with van der Waals surface area (Å²) in [6.07, 6.45) is 0.0114. The number of aromatic nitrogens is 2. The van der Waals surface area contributed by atoms with E-state index >= 15 is 0 Å². The van der Waals surface area contributed by atoms with E-state index in [0.717, 1.165) is 0 Å². The quantitative estimate of drug-likeness (QED) is 0.828. The maximum atomic E-state index is 11.7. The van der Waals surface area contributed by atoms with E-state index in [1.54, 1.807) is 26.8 Å². The molecule has 0 saturated carbocycles. The zero-order chi connectivity index (χ0) is 15.4. The molecule has 112 valence electrons. The number of nitrogens with zero attached hydrogens (tertiary/aromatic N) is 2. The summed E-state index contributed by atoms with van der Waals surface area (Å²) in [6, 6.07) is 1.56. The van der Waals surface area contributed by atoms with Gasteiger partial charge in [-0.1, -0.05) is 10.3 Å². The van der Waals surface area contributed by atoms with Crippen molar-refractivity contribution in [2.24, 2.45) is 0 Å². The molecule has 21 heavy (non-hydrogen) atoms. The highest BCUT2D eigenvalue weighted by molar-refractivity contribution is 5.92. The second-order valence-corrected chi connectivity index (χ2v) is 4.51. The summed E-state index contributed by atoms with van der Waals surface area (Å²) in [4.78, 5) is 23.2. The number of anilines is 1. The van der Waals surface area contributed by atoms with Gasteiger partial charge in [-0.05, 0) is 20.8 Å². The molecule has 0 aliphatic rings. The van der Waals surface area contributed by atoms with Crippen LogP contribution in [0.3, 0.4) is 0 Å². The van der Waals surface area contributed by atoms with Gasteiger partial charge in [-0.3, -0.25) is 9.59 Å². The Morgan fingerprint density at radius 3 is 2.57 bits per heavy atom. The van der Waals surface area contributed by atoms with E-state index < -0.39 is 18.5 Å². The summed E-state index contributed by atoms with van der Waals surface area (Å²) in [6.45, 7) is 4.75. The zero-order valence-electron chi connectivity index (χ0n) is 11.9. The monoisotopic (exact) mass is 293 g/mol. The van der Waals surface area contributed by atoms with Crippen molar-refractivity contribution >= 4 is 17.7 Å². The molecule has 8 nitrogen and oxygen atoms in total. The minimum absolute atomic E-state index is 0.0114. The highest BCUT2D eigenvalue weighted by Gasteiger charge is 2.15. The van der Waals surface area contributed by atoms with Gasteiger partial charge in [0.2, 0.25) is 0 Å². The minimum Gasteiger partial charge on any atom is -0.455 e. The predicted molar refractivity (Wildman–Crippen MR) is 70.5 cm³/mol. The molecule has 2 heterocycles. The average Bonchev–Trinajstić information content (AvgIpc) is 2.97. The van der Waals surface area contributed by atoms with Crippen LogP contribution in [-0.2, 0) is 20.7 Å². The Balaban J connectivity index is 1.80. The molecule has 0 aliphatic carbocycles. The van der Waals surface area contributed by atoms with Crippen molar-refractivity contribution in [1.82, 2.24) is 10.3 Å². The lowest BCUT2D eigenvalue weighted by Crippen LogP contribution is -2.22. The van der Waals surface area contributed by atoms with Crippen molar-refractivity contribution < 1.29 is 23.4 Å². The Hall–Kier alpha value is -2.64. The molecule has 2 aromatic heterocycles. The highest BCUT2D eigenvalue weighted by Crippen LogP contribution is 2.13. The van der Waals surface area contributed by atoms with Crippen molar-refractivity contribution in [2.75, 3.05) is 11.9 Å². The molecule has 0 radical (unpaired) electrons. The first-order chi connectivity index (χ1) is 9.95. The van der Waals surface area contributed by atoms with Crippen LogP contribution in [0.5, 0.6) is 0 Å². The number of ether oxygens (including phenoxy) is 1. The van der Waals surface area contributed by atoms with Crippen LogP contribution in [-0.4, -0.2) is 28.8 Å².